The molecule has 0 spiro atoms. The molecule has 3 heteroatoms. The van der Waals surface area contributed by atoms with Crippen LogP contribution in [-0.2, 0) is 9.47 Å². The molecule has 1 heterocycles. The molecule has 1 saturated carbocycles. The van der Waals surface area contributed by atoms with Crippen molar-refractivity contribution in [1.29, 1.82) is 0 Å². The third-order valence-corrected chi connectivity index (χ3v) is 5.70. The summed E-state index contributed by atoms with van der Waals surface area (Å²) in [7, 11) is 0. The number of cyclic esters (lactones) is 2. The van der Waals surface area contributed by atoms with Gasteiger partial charge in [-0.2, -0.15) is 0 Å². The molecule has 1 unspecified atom stereocenters. The van der Waals surface area contributed by atoms with E-state index in [1.54, 1.807) is 0 Å². The van der Waals surface area contributed by atoms with Crippen LogP contribution in [0, 0.1) is 16.7 Å². The van der Waals surface area contributed by atoms with Gasteiger partial charge in [0, 0.05) is 5.41 Å². The molecule has 0 aromatic rings. The van der Waals surface area contributed by atoms with Crippen LogP contribution in [0.1, 0.15) is 66.2 Å². The van der Waals surface area contributed by atoms with Crippen LogP contribution in [0.15, 0.2) is 0 Å². The van der Waals surface area contributed by atoms with Crippen molar-refractivity contribution in [3.8, 4) is 0 Å². The fourth-order valence-electron chi connectivity index (χ4n) is 4.13. The van der Waals surface area contributed by atoms with Crippen LogP contribution in [0.4, 0.5) is 4.79 Å². The molecular formula is C16H28O3. The van der Waals surface area contributed by atoms with E-state index in [2.05, 4.69) is 27.7 Å². The third-order valence-electron chi connectivity index (χ3n) is 5.70. The van der Waals surface area contributed by atoms with E-state index in [-0.39, 0.29) is 11.5 Å². The van der Waals surface area contributed by atoms with Crippen molar-refractivity contribution < 1.29 is 14.3 Å². The third kappa shape index (κ3) is 2.75. The van der Waals surface area contributed by atoms with Crippen LogP contribution in [0.3, 0.4) is 0 Å². The fraction of sp³-hybridized carbons (Fsp3) is 0.938. The SMILES string of the molecule is CCC(CC)(C1CCC(C)(C)CC1)C1COC(=O)O1. The van der Waals surface area contributed by atoms with Gasteiger partial charge in [0.25, 0.3) is 0 Å². The number of carbonyl (C=O) groups is 1. The highest BCUT2D eigenvalue weighted by molar-refractivity contribution is 5.62. The zero-order valence-corrected chi connectivity index (χ0v) is 12.8. The molecule has 1 saturated heterocycles. The topological polar surface area (TPSA) is 35.5 Å². The van der Waals surface area contributed by atoms with Gasteiger partial charge in [-0.05, 0) is 49.9 Å². The smallest absolute Gasteiger partial charge is 0.430 e. The van der Waals surface area contributed by atoms with Crippen LogP contribution in [-0.4, -0.2) is 18.9 Å². The molecule has 2 aliphatic rings. The normalized spacial score (nSPS) is 28.0. The van der Waals surface area contributed by atoms with E-state index in [0.717, 1.165) is 12.8 Å². The summed E-state index contributed by atoms with van der Waals surface area (Å²) in [5.74, 6) is 0.662. The summed E-state index contributed by atoms with van der Waals surface area (Å²) in [6.07, 6.45) is 6.67. The standard InChI is InChI=1S/C16H28O3/c1-5-16(6-2,13-11-18-14(17)19-13)12-7-9-15(3,4)10-8-12/h12-13H,5-11H2,1-4H3. The van der Waals surface area contributed by atoms with Crippen molar-refractivity contribution >= 4 is 6.16 Å². The number of carbonyl (C=O) groups excluding carboxylic acids is 1. The summed E-state index contributed by atoms with van der Waals surface area (Å²) >= 11 is 0. The zero-order valence-electron chi connectivity index (χ0n) is 12.8. The second kappa shape index (κ2) is 5.34. The lowest BCUT2D eigenvalue weighted by molar-refractivity contribution is -0.0361. The molecule has 1 atom stereocenters. The quantitative estimate of drug-likeness (QED) is 0.702. The van der Waals surface area contributed by atoms with Crippen molar-refractivity contribution in [2.45, 2.75) is 72.3 Å². The molecule has 3 nitrogen and oxygen atoms in total. The molecule has 2 fully saturated rings. The van der Waals surface area contributed by atoms with E-state index in [0.29, 0.717) is 17.9 Å². The fourth-order valence-corrected chi connectivity index (χ4v) is 4.13. The van der Waals surface area contributed by atoms with Crippen molar-refractivity contribution in [3.05, 3.63) is 0 Å². The summed E-state index contributed by atoms with van der Waals surface area (Å²) in [6.45, 7) is 9.63. The Morgan fingerprint density at radius 3 is 2.21 bits per heavy atom. The van der Waals surface area contributed by atoms with Gasteiger partial charge in [0.15, 0.2) is 0 Å². The van der Waals surface area contributed by atoms with Crippen LogP contribution in [0.5, 0.6) is 0 Å². The Morgan fingerprint density at radius 2 is 1.79 bits per heavy atom. The molecular weight excluding hydrogens is 240 g/mol. The molecule has 1 aliphatic heterocycles. The number of hydrogen-bond acceptors (Lipinski definition) is 3. The molecule has 1 aliphatic carbocycles. The Balaban J connectivity index is 2.13. The van der Waals surface area contributed by atoms with Crippen molar-refractivity contribution in [1.82, 2.24) is 0 Å². The Kier molecular flexibility index (Phi) is 4.12. The molecule has 0 N–H and O–H groups in total. The predicted octanol–water partition coefficient (Wildman–Crippen LogP) is 4.54. The first-order chi connectivity index (χ1) is 8.93. The molecule has 0 amide bonds. The Hall–Kier alpha value is -0.730. The van der Waals surface area contributed by atoms with Gasteiger partial charge in [0.05, 0.1) is 0 Å². The Labute approximate surface area is 117 Å². The van der Waals surface area contributed by atoms with Gasteiger partial charge < -0.3 is 9.47 Å². The molecule has 0 radical (unpaired) electrons. The van der Waals surface area contributed by atoms with Crippen molar-refractivity contribution in [2.75, 3.05) is 6.61 Å². The van der Waals surface area contributed by atoms with Gasteiger partial charge in [-0.1, -0.05) is 27.7 Å². The van der Waals surface area contributed by atoms with Gasteiger partial charge in [-0.25, -0.2) is 4.79 Å². The first-order valence-corrected chi connectivity index (χ1v) is 7.77. The molecule has 110 valence electrons. The van der Waals surface area contributed by atoms with E-state index >= 15 is 0 Å². The van der Waals surface area contributed by atoms with Crippen LogP contribution in [0.2, 0.25) is 0 Å². The molecule has 0 bridgehead atoms. The minimum Gasteiger partial charge on any atom is -0.430 e. The minimum atomic E-state index is -0.479. The second-order valence-corrected chi connectivity index (χ2v) is 7.05. The predicted molar refractivity (Wildman–Crippen MR) is 75.0 cm³/mol. The Bertz CT molecular complexity index is 321. The van der Waals surface area contributed by atoms with Gasteiger partial charge >= 0.3 is 6.16 Å². The zero-order chi connectivity index (χ0) is 14.1. The monoisotopic (exact) mass is 268 g/mol. The highest BCUT2D eigenvalue weighted by Crippen LogP contribution is 2.51. The Morgan fingerprint density at radius 1 is 1.21 bits per heavy atom. The van der Waals surface area contributed by atoms with Crippen LogP contribution in [0.25, 0.3) is 0 Å². The highest BCUT2D eigenvalue weighted by Gasteiger charge is 2.49. The molecule has 0 aromatic carbocycles. The summed E-state index contributed by atoms with van der Waals surface area (Å²) in [6, 6.07) is 0. The van der Waals surface area contributed by atoms with Crippen LogP contribution >= 0.6 is 0 Å². The van der Waals surface area contributed by atoms with Gasteiger partial charge in [-0.3, -0.25) is 0 Å². The maximum absolute atomic E-state index is 11.3. The van der Waals surface area contributed by atoms with E-state index in [4.69, 9.17) is 9.47 Å². The molecule has 0 aromatic heterocycles. The van der Waals surface area contributed by atoms with E-state index < -0.39 is 6.16 Å². The van der Waals surface area contributed by atoms with Gasteiger partial charge in [-0.15, -0.1) is 0 Å². The maximum Gasteiger partial charge on any atom is 0.508 e. The number of hydrogen-bond donors (Lipinski definition) is 0. The highest BCUT2D eigenvalue weighted by atomic mass is 16.8. The first kappa shape index (κ1) is 14.7. The van der Waals surface area contributed by atoms with Crippen molar-refractivity contribution in [2.24, 2.45) is 16.7 Å². The summed E-state index contributed by atoms with van der Waals surface area (Å²) in [5.41, 5.74) is 0.592. The molecule has 19 heavy (non-hydrogen) atoms. The lowest BCUT2D eigenvalue weighted by atomic mass is 9.59. The van der Waals surface area contributed by atoms with Crippen molar-refractivity contribution in [3.63, 3.8) is 0 Å². The average molecular weight is 268 g/mol. The van der Waals surface area contributed by atoms with Crippen LogP contribution < -0.4 is 0 Å². The van der Waals surface area contributed by atoms with E-state index in [1.807, 2.05) is 0 Å². The lowest BCUT2D eigenvalue weighted by Gasteiger charge is -2.47. The average Bonchev–Trinajstić information content (AvgIpc) is 2.80. The second-order valence-electron chi connectivity index (χ2n) is 7.05. The summed E-state index contributed by atoms with van der Waals surface area (Å²) < 4.78 is 10.5. The minimum absolute atomic E-state index is 0.0405. The first-order valence-electron chi connectivity index (χ1n) is 7.77. The van der Waals surface area contributed by atoms with Gasteiger partial charge in [0.2, 0.25) is 0 Å². The molecule has 2 rings (SSSR count). The van der Waals surface area contributed by atoms with E-state index in [9.17, 15) is 4.79 Å². The summed E-state index contributed by atoms with van der Waals surface area (Å²) in [5, 5.41) is 0. The summed E-state index contributed by atoms with van der Waals surface area (Å²) in [4.78, 5) is 11.3. The maximum atomic E-state index is 11.3. The number of rotatable bonds is 4. The number of ether oxygens (including phenoxy) is 2. The van der Waals surface area contributed by atoms with Gasteiger partial charge in [0.1, 0.15) is 12.7 Å². The largest absolute Gasteiger partial charge is 0.508 e. The lowest BCUT2D eigenvalue weighted by Crippen LogP contribution is -2.44. The van der Waals surface area contributed by atoms with E-state index in [1.165, 1.54) is 25.7 Å².